The minimum atomic E-state index is 0.337. The number of ether oxygens (including phenoxy) is 1. The van der Waals surface area contributed by atoms with Crippen molar-refractivity contribution < 1.29 is 4.74 Å². The van der Waals surface area contributed by atoms with Gasteiger partial charge >= 0.3 is 0 Å². The normalized spacial score (nSPS) is 26.9. The molecule has 1 fully saturated rings. The van der Waals surface area contributed by atoms with Gasteiger partial charge in [0.15, 0.2) is 0 Å². The highest BCUT2D eigenvalue weighted by atomic mass is 16.5. The van der Waals surface area contributed by atoms with Crippen molar-refractivity contribution in [3.8, 4) is 0 Å². The molecule has 2 rings (SSSR count). The summed E-state index contributed by atoms with van der Waals surface area (Å²) in [6.07, 6.45) is 5.25. The molecular formula is C13H20N2O. The Morgan fingerprint density at radius 2 is 2.50 bits per heavy atom. The number of hydrogen-bond acceptors (Lipinski definition) is 3. The molecule has 1 aliphatic heterocycles. The van der Waals surface area contributed by atoms with Gasteiger partial charge in [-0.3, -0.25) is 4.98 Å². The van der Waals surface area contributed by atoms with Gasteiger partial charge in [-0.25, -0.2) is 0 Å². The fraction of sp³-hybridized carbons (Fsp3) is 0.615. The zero-order valence-corrected chi connectivity index (χ0v) is 10.0. The first kappa shape index (κ1) is 11.6. The van der Waals surface area contributed by atoms with Crippen LogP contribution in [-0.2, 0) is 4.74 Å². The maximum atomic E-state index is 5.65. The van der Waals surface area contributed by atoms with Crippen LogP contribution >= 0.6 is 0 Å². The van der Waals surface area contributed by atoms with Gasteiger partial charge in [0.25, 0.3) is 0 Å². The summed E-state index contributed by atoms with van der Waals surface area (Å²) in [5.74, 6) is 0.559. The second-order valence-corrected chi connectivity index (χ2v) is 4.35. The molecule has 3 atom stereocenters. The lowest BCUT2D eigenvalue weighted by Crippen LogP contribution is -2.31. The van der Waals surface area contributed by atoms with Crippen molar-refractivity contribution in [2.75, 3.05) is 13.2 Å². The third kappa shape index (κ3) is 2.42. The van der Waals surface area contributed by atoms with Crippen LogP contribution in [-0.4, -0.2) is 24.2 Å². The highest BCUT2D eigenvalue weighted by Crippen LogP contribution is 2.32. The summed E-state index contributed by atoms with van der Waals surface area (Å²) in [6.45, 7) is 6.17. The van der Waals surface area contributed by atoms with E-state index in [1.807, 2.05) is 18.5 Å². The maximum absolute atomic E-state index is 5.65. The Hall–Kier alpha value is -0.930. The van der Waals surface area contributed by atoms with Crippen molar-refractivity contribution in [2.45, 2.75) is 32.4 Å². The fourth-order valence-electron chi connectivity index (χ4n) is 2.48. The maximum Gasteiger partial charge on any atom is 0.0594 e. The van der Waals surface area contributed by atoms with Crippen LogP contribution in [0, 0.1) is 5.92 Å². The number of hydrogen-bond donors (Lipinski definition) is 1. The van der Waals surface area contributed by atoms with E-state index < -0.39 is 0 Å². The SMILES string of the molecule is CCNC(c1cccnc1)C1CCOC1C. The first-order chi connectivity index (χ1) is 7.83. The van der Waals surface area contributed by atoms with E-state index in [2.05, 4.69) is 30.2 Å². The van der Waals surface area contributed by atoms with Gasteiger partial charge < -0.3 is 10.1 Å². The molecule has 3 unspecified atom stereocenters. The molecule has 0 radical (unpaired) electrons. The molecule has 0 amide bonds. The fourth-order valence-corrected chi connectivity index (χ4v) is 2.48. The van der Waals surface area contributed by atoms with Gasteiger partial charge in [0.2, 0.25) is 0 Å². The minimum Gasteiger partial charge on any atom is -0.378 e. The Morgan fingerprint density at radius 1 is 1.62 bits per heavy atom. The summed E-state index contributed by atoms with van der Waals surface area (Å²) in [4.78, 5) is 4.20. The Labute approximate surface area is 97.2 Å². The van der Waals surface area contributed by atoms with E-state index in [-0.39, 0.29) is 0 Å². The average molecular weight is 220 g/mol. The molecule has 0 aromatic carbocycles. The third-order valence-corrected chi connectivity index (χ3v) is 3.33. The van der Waals surface area contributed by atoms with E-state index in [0.717, 1.165) is 19.6 Å². The third-order valence-electron chi connectivity index (χ3n) is 3.33. The van der Waals surface area contributed by atoms with E-state index in [4.69, 9.17) is 4.74 Å². The smallest absolute Gasteiger partial charge is 0.0594 e. The molecule has 1 aromatic heterocycles. The Balaban J connectivity index is 2.16. The molecule has 1 saturated heterocycles. The summed E-state index contributed by atoms with van der Waals surface area (Å²) in [7, 11) is 0. The summed E-state index contributed by atoms with van der Waals surface area (Å²) in [5.41, 5.74) is 1.27. The Morgan fingerprint density at radius 3 is 3.06 bits per heavy atom. The molecule has 2 heterocycles. The zero-order valence-electron chi connectivity index (χ0n) is 10.0. The topological polar surface area (TPSA) is 34.2 Å². The predicted octanol–water partition coefficient (Wildman–Crippen LogP) is 2.16. The lowest BCUT2D eigenvalue weighted by molar-refractivity contribution is 0.0955. The molecule has 16 heavy (non-hydrogen) atoms. The monoisotopic (exact) mass is 220 g/mol. The highest BCUT2D eigenvalue weighted by Gasteiger charge is 2.32. The van der Waals surface area contributed by atoms with Crippen LogP contribution in [0.25, 0.3) is 0 Å². The van der Waals surface area contributed by atoms with E-state index in [1.54, 1.807) is 0 Å². The van der Waals surface area contributed by atoms with Crippen LogP contribution in [0.15, 0.2) is 24.5 Å². The first-order valence-electron chi connectivity index (χ1n) is 6.08. The second kappa shape index (κ2) is 5.41. The summed E-state index contributed by atoms with van der Waals surface area (Å²) in [6, 6.07) is 4.52. The summed E-state index contributed by atoms with van der Waals surface area (Å²) in [5, 5.41) is 3.55. The van der Waals surface area contributed by atoms with Crippen molar-refractivity contribution in [1.29, 1.82) is 0 Å². The quantitative estimate of drug-likeness (QED) is 0.844. The molecule has 0 bridgehead atoms. The van der Waals surface area contributed by atoms with E-state index in [9.17, 15) is 0 Å². The van der Waals surface area contributed by atoms with E-state index in [0.29, 0.717) is 18.1 Å². The molecule has 0 saturated carbocycles. The molecule has 0 aliphatic carbocycles. The largest absolute Gasteiger partial charge is 0.378 e. The van der Waals surface area contributed by atoms with Crippen LogP contribution in [0.4, 0.5) is 0 Å². The van der Waals surface area contributed by atoms with Gasteiger partial charge in [-0.2, -0.15) is 0 Å². The molecule has 1 N–H and O–H groups in total. The molecule has 3 nitrogen and oxygen atoms in total. The lowest BCUT2D eigenvalue weighted by atomic mass is 9.89. The molecule has 0 spiro atoms. The van der Waals surface area contributed by atoms with Gasteiger partial charge in [0, 0.05) is 31.0 Å². The van der Waals surface area contributed by atoms with Gasteiger partial charge in [-0.1, -0.05) is 13.0 Å². The average Bonchev–Trinajstić information content (AvgIpc) is 2.73. The highest BCUT2D eigenvalue weighted by molar-refractivity contribution is 5.15. The zero-order chi connectivity index (χ0) is 11.4. The standard InChI is InChI=1S/C13H20N2O/c1-3-15-13(11-5-4-7-14-9-11)12-6-8-16-10(12)2/h4-5,7,9-10,12-13,15H,3,6,8H2,1-2H3. The van der Waals surface area contributed by atoms with Gasteiger partial charge in [0.05, 0.1) is 6.10 Å². The predicted molar refractivity (Wildman–Crippen MR) is 64.2 cm³/mol. The minimum absolute atomic E-state index is 0.337. The number of nitrogens with zero attached hydrogens (tertiary/aromatic N) is 1. The van der Waals surface area contributed by atoms with Gasteiger partial charge in [-0.05, 0) is 31.5 Å². The summed E-state index contributed by atoms with van der Waals surface area (Å²) >= 11 is 0. The number of nitrogens with one attached hydrogen (secondary N) is 1. The van der Waals surface area contributed by atoms with Crippen LogP contribution in [0.3, 0.4) is 0 Å². The molecule has 1 aromatic rings. The molecule has 88 valence electrons. The first-order valence-corrected chi connectivity index (χ1v) is 6.08. The van der Waals surface area contributed by atoms with Gasteiger partial charge in [-0.15, -0.1) is 0 Å². The molecular weight excluding hydrogens is 200 g/mol. The Kier molecular flexibility index (Phi) is 3.91. The van der Waals surface area contributed by atoms with Crippen LogP contribution < -0.4 is 5.32 Å². The number of aromatic nitrogens is 1. The lowest BCUT2D eigenvalue weighted by Gasteiger charge is -2.26. The van der Waals surface area contributed by atoms with Crippen LogP contribution in [0.1, 0.15) is 31.9 Å². The van der Waals surface area contributed by atoms with Crippen LogP contribution in [0.5, 0.6) is 0 Å². The number of pyridine rings is 1. The van der Waals surface area contributed by atoms with Crippen molar-refractivity contribution in [3.63, 3.8) is 0 Å². The van der Waals surface area contributed by atoms with E-state index >= 15 is 0 Å². The Bertz CT molecular complexity index is 315. The second-order valence-electron chi connectivity index (χ2n) is 4.35. The van der Waals surface area contributed by atoms with E-state index in [1.165, 1.54) is 5.56 Å². The number of rotatable bonds is 4. The molecule has 3 heteroatoms. The van der Waals surface area contributed by atoms with Gasteiger partial charge in [0.1, 0.15) is 0 Å². The summed E-state index contributed by atoms with van der Waals surface area (Å²) < 4.78 is 5.65. The van der Waals surface area contributed by atoms with Crippen LogP contribution in [0.2, 0.25) is 0 Å². The van der Waals surface area contributed by atoms with Crippen molar-refractivity contribution in [3.05, 3.63) is 30.1 Å². The molecule has 1 aliphatic rings. The van der Waals surface area contributed by atoms with Crippen molar-refractivity contribution >= 4 is 0 Å². The van der Waals surface area contributed by atoms with Crippen molar-refractivity contribution in [1.82, 2.24) is 10.3 Å². The van der Waals surface area contributed by atoms with Crippen molar-refractivity contribution in [2.24, 2.45) is 5.92 Å².